The molecular weight excluding hydrogens is 344 g/mol. The number of hydrogen-bond donors (Lipinski definition) is 1. The Morgan fingerprint density at radius 1 is 1.15 bits per heavy atom. The first-order valence-corrected chi connectivity index (χ1v) is 7.58. The van der Waals surface area contributed by atoms with Crippen LogP contribution >= 0.6 is 0 Å². The largest absolute Gasteiger partial charge is 0.508 e. The van der Waals surface area contributed by atoms with Crippen molar-refractivity contribution in [3.63, 3.8) is 0 Å². The number of rotatable bonds is 2. The fourth-order valence-electron chi connectivity index (χ4n) is 2.66. The smallest absolute Gasteiger partial charge is 0.362 e. The van der Waals surface area contributed by atoms with Crippen molar-refractivity contribution in [3.8, 4) is 22.7 Å². The minimum absolute atomic E-state index is 0.0169. The summed E-state index contributed by atoms with van der Waals surface area (Å²) >= 11 is 0. The topological polar surface area (TPSA) is 81.1 Å². The lowest BCUT2D eigenvalue weighted by atomic mass is 10.1. The fourth-order valence-corrected chi connectivity index (χ4v) is 2.66. The maximum Gasteiger partial charge on any atom is 0.362 e. The number of halogens is 2. The van der Waals surface area contributed by atoms with Crippen molar-refractivity contribution in [1.82, 2.24) is 15.0 Å². The minimum Gasteiger partial charge on any atom is -0.508 e. The zero-order valence-corrected chi connectivity index (χ0v) is 13.4. The minimum atomic E-state index is -0.784. The van der Waals surface area contributed by atoms with E-state index in [1.807, 2.05) is 0 Å². The Balaban J connectivity index is 1.84. The van der Waals surface area contributed by atoms with Crippen LogP contribution in [0.15, 0.2) is 51.8 Å². The first kappa shape index (κ1) is 15.9. The molecule has 4 rings (SSSR count). The number of aryl methyl sites for hydroxylation is 1. The second-order valence-corrected chi connectivity index (χ2v) is 5.72. The number of aromatic nitrogens is 3. The van der Waals surface area contributed by atoms with Crippen LogP contribution in [0, 0.1) is 18.6 Å². The van der Waals surface area contributed by atoms with Crippen LogP contribution in [0.5, 0.6) is 5.75 Å². The van der Waals surface area contributed by atoms with Gasteiger partial charge in [-0.3, -0.25) is 0 Å². The van der Waals surface area contributed by atoms with E-state index < -0.39 is 17.3 Å². The van der Waals surface area contributed by atoms with Crippen molar-refractivity contribution < 1.29 is 18.3 Å². The summed E-state index contributed by atoms with van der Waals surface area (Å²) in [6.45, 7) is 1.63. The monoisotopic (exact) mass is 355 g/mol. The highest BCUT2D eigenvalue weighted by molar-refractivity contribution is 5.83. The second-order valence-electron chi connectivity index (χ2n) is 5.72. The molecule has 0 aliphatic carbocycles. The molecule has 130 valence electrons. The van der Waals surface area contributed by atoms with Gasteiger partial charge in [0.15, 0.2) is 5.69 Å². The van der Waals surface area contributed by atoms with E-state index in [4.69, 9.17) is 4.42 Å². The number of phenols is 1. The maximum atomic E-state index is 13.9. The van der Waals surface area contributed by atoms with Crippen molar-refractivity contribution in [2.24, 2.45) is 0 Å². The number of fused-ring (bicyclic) bond motifs is 1. The standard InChI is InChI=1S/C18H11F2N3O3/c1-9-16(24)5-2-10-6-15(18(25)26-17(9)10)23-8-14(21-22-23)12-4-3-11(19)7-13(12)20/h2-8,24H,1H3. The zero-order valence-electron chi connectivity index (χ0n) is 13.4. The normalized spacial score (nSPS) is 11.2. The van der Waals surface area contributed by atoms with Gasteiger partial charge in [-0.05, 0) is 37.3 Å². The number of benzene rings is 2. The molecule has 2 heterocycles. The predicted octanol–water partition coefficient (Wildman–Crippen LogP) is 3.33. The molecule has 0 aliphatic heterocycles. The zero-order chi connectivity index (χ0) is 18.4. The van der Waals surface area contributed by atoms with Crippen LogP contribution < -0.4 is 5.63 Å². The van der Waals surface area contributed by atoms with Gasteiger partial charge in [-0.25, -0.2) is 18.3 Å². The third-order valence-corrected chi connectivity index (χ3v) is 4.05. The quantitative estimate of drug-likeness (QED) is 0.558. The van der Waals surface area contributed by atoms with E-state index in [1.165, 1.54) is 24.4 Å². The molecule has 6 nitrogen and oxygen atoms in total. The van der Waals surface area contributed by atoms with Gasteiger partial charge in [-0.1, -0.05) is 5.21 Å². The van der Waals surface area contributed by atoms with Crippen molar-refractivity contribution in [2.75, 3.05) is 0 Å². The van der Waals surface area contributed by atoms with Crippen molar-refractivity contribution in [1.29, 1.82) is 0 Å². The van der Waals surface area contributed by atoms with Crippen molar-refractivity contribution in [3.05, 3.63) is 70.2 Å². The Kier molecular flexibility index (Phi) is 3.54. The first-order chi connectivity index (χ1) is 12.4. The number of nitrogens with zero attached hydrogens (tertiary/aromatic N) is 3. The van der Waals surface area contributed by atoms with Gasteiger partial charge in [-0.2, -0.15) is 0 Å². The molecule has 8 heteroatoms. The second kappa shape index (κ2) is 5.76. The van der Waals surface area contributed by atoms with E-state index in [0.29, 0.717) is 10.9 Å². The Morgan fingerprint density at radius 2 is 1.96 bits per heavy atom. The van der Waals surface area contributed by atoms with Gasteiger partial charge in [0.05, 0.1) is 6.20 Å². The summed E-state index contributed by atoms with van der Waals surface area (Å²) in [5.74, 6) is -1.47. The lowest BCUT2D eigenvalue weighted by Crippen LogP contribution is -2.11. The molecular formula is C18H11F2N3O3. The van der Waals surface area contributed by atoms with E-state index in [1.54, 1.807) is 13.0 Å². The molecule has 0 radical (unpaired) electrons. The molecule has 1 N–H and O–H groups in total. The summed E-state index contributed by atoms with van der Waals surface area (Å²) in [6, 6.07) is 7.72. The highest BCUT2D eigenvalue weighted by Crippen LogP contribution is 2.27. The SMILES string of the molecule is Cc1c(O)ccc2cc(-n3cc(-c4ccc(F)cc4F)nn3)c(=O)oc12. The van der Waals surface area contributed by atoms with Gasteiger partial charge < -0.3 is 9.52 Å². The molecule has 26 heavy (non-hydrogen) atoms. The average molecular weight is 355 g/mol. The van der Waals surface area contributed by atoms with E-state index in [0.717, 1.165) is 16.8 Å². The van der Waals surface area contributed by atoms with Crippen LogP contribution in [0.3, 0.4) is 0 Å². The molecule has 0 bridgehead atoms. The van der Waals surface area contributed by atoms with Crippen LogP contribution in [0.2, 0.25) is 0 Å². The van der Waals surface area contributed by atoms with Crippen LogP contribution in [0.1, 0.15) is 5.56 Å². The van der Waals surface area contributed by atoms with Gasteiger partial charge in [0.25, 0.3) is 0 Å². The molecule has 4 aromatic rings. The van der Waals surface area contributed by atoms with Crippen molar-refractivity contribution in [2.45, 2.75) is 6.92 Å². The number of hydrogen-bond acceptors (Lipinski definition) is 5. The molecule has 0 spiro atoms. The van der Waals surface area contributed by atoms with Gasteiger partial charge >= 0.3 is 5.63 Å². The summed E-state index contributed by atoms with van der Waals surface area (Å²) in [6.07, 6.45) is 1.35. The lowest BCUT2D eigenvalue weighted by Gasteiger charge is -2.05. The van der Waals surface area contributed by atoms with E-state index in [2.05, 4.69) is 10.3 Å². The molecule has 0 atom stereocenters. The number of aromatic hydroxyl groups is 1. The molecule has 2 aromatic heterocycles. The Labute approximate surface area is 144 Å². The molecule has 2 aromatic carbocycles. The molecule has 0 saturated heterocycles. The van der Waals surface area contributed by atoms with Gasteiger partial charge in [0.2, 0.25) is 0 Å². The van der Waals surface area contributed by atoms with Crippen LogP contribution in [-0.2, 0) is 0 Å². The third kappa shape index (κ3) is 2.52. The summed E-state index contributed by atoms with van der Waals surface area (Å²) in [4.78, 5) is 12.3. The van der Waals surface area contributed by atoms with Crippen LogP contribution in [-0.4, -0.2) is 20.1 Å². The van der Waals surface area contributed by atoms with Gasteiger partial charge in [0, 0.05) is 22.6 Å². The Morgan fingerprint density at radius 3 is 2.73 bits per heavy atom. The lowest BCUT2D eigenvalue weighted by molar-refractivity contribution is 0.468. The summed E-state index contributed by atoms with van der Waals surface area (Å²) in [7, 11) is 0. The molecule has 0 saturated carbocycles. The van der Waals surface area contributed by atoms with E-state index in [-0.39, 0.29) is 28.3 Å². The van der Waals surface area contributed by atoms with Crippen LogP contribution in [0.4, 0.5) is 8.78 Å². The molecule has 0 amide bonds. The highest BCUT2D eigenvalue weighted by atomic mass is 19.1. The summed E-state index contributed by atoms with van der Waals surface area (Å²) < 4.78 is 33.4. The van der Waals surface area contributed by atoms with Gasteiger partial charge in [0.1, 0.15) is 28.7 Å². The average Bonchev–Trinajstić information content (AvgIpc) is 3.08. The molecule has 0 aliphatic rings. The maximum absolute atomic E-state index is 13.9. The van der Waals surface area contributed by atoms with Gasteiger partial charge in [-0.15, -0.1) is 5.10 Å². The van der Waals surface area contributed by atoms with E-state index in [9.17, 15) is 18.7 Å². The molecule has 0 fully saturated rings. The predicted molar refractivity (Wildman–Crippen MR) is 89.2 cm³/mol. The third-order valence-electron chi connectivity index (χ3n) is 4.05. The van der Waals surface area contributed by atoms with Crippen LogP contribution in [0.25, 0.3) is 27.9 Å². The Hall–Kier alpha value is -3.55. The summed E-state index contributed by atoms with van der Waals surface area (Å²) in [5.41, 5.74) is 0.293. The van der Waals surface area contributed by atoms with E-state index >= 15 is 0 Å². The Bertz CT molecular complexity index is 1210. The fraction of sp³-hybridized carbons (Fsp3) is 0.0556. The summed E-state index contributed by atoms with van der Waals surface area (Å²) in [5, 5.41) is 18.0. The first-order valence-electron chi connectivity index (χ1n) is 7.58. The van der Waals surface area contributed by atoms with Crippen molar-refractivity contribution >= 4 is 11.0 Å². The molecule has 0 unspecified atom stereocenters. The number of phenolic OH excluding ortho intramolecular Hbond substituents is 1. The highest BCUT2D eigenvalue weighted by Gasteiger charge is 2.15.